The first-order valence-corrected chi connectivity index (χ1v) is 11.3. The lowest BCUT2D eigenvalue weighted by Gasteiger charge is -2.40. The number of carbonyl (C=O) groups excluding carboxylic acids is 1. The summed E-state index contributed by atoms with van der Waals surface area (Å²) in [5.74, 6) is 0.701. The maximum atomic E-state index is 12.8. The molecule has 28 heavy (non-hydrogen) atoms. The third-order valence-corrected chi connectivity index (χ3v) is 7.17. The van der Waals surface area contributed by atoms with Gasteiger partial charge in [0.05, 0.1) is 0 Å². The van der Waals surface area contributed by atoms with Gasteiger partial charge in [-0.15, -0.1) is 0 Å². The molecule has 2 aliphatic heterocycles. The van der Waals surface area contributed by atoms with E-state index in [2.05, 4.69) is 17.9 Å². The monoisotopic (exact) mass is 395 g/mol. The van der Waals surface area contributed by atoms with Crippen molar-refractivity contribution in [2.75, 3.05) is 26.2 Å². The maximum Gasteiger partial charge on any atom is 0.253 e. The van der Waals surface area contributed by atoms with Crippen LogP contribution in [-0.4, -0.2) is 46.9 Å². The molecular weight excluding hydrogens is 366 g/mol. The molecule has 1 aromatic rings. The minimum absolute atomic E-state index is 0.132. The molecule has 0 spiro atoms. The summed E-state index contributed by atoms with van der Waals surface area (Å²) in [6.07, 6.45) is 8.29. The van der Waals surface area contributed by atoms with Crippen molar-refractivity contribution in [3.05, 3.63) is 58.1 Å². The Hall–Kier alpha value is -2.01. The van der Waals surface area contributed by atoms with E-state index in [0.717, 1.165) is 43.7 Å². The van der Waals surface area contributed by atoms with Crippen LogP contribution in [0.4, 0.5) is 0 Å². The fourth-order valence-electron chi connectivity index (χ4n) is 4.57. The molecule has 148 valence electrons. The number of amides is 1. The Morgan fingerprint density at radius 1 is 1.07 bits per heavy atom. The molecular formula is C23H29N3OS. The van der Waals surface area contributed by atoms with Crippen molar-refractivity contribution in [3.8, 4) is 0 Å². The van der Waals surface area contributed by atoms with Gasteiger partial charge in [-0.1, -0.05) is 49.7 Å². The Balaban J connectivity index is 1.53. The number of benzene rings is 1. The van der Waals surface area contributed by atoms with Crippen molar-refractivity contribution in [3.63, 3.8) is 0 Å². The number of nitrogens with zero attached hydrogens (tertiary/aromatic N) is 2. The lowest BCUT2D eigenvalue weighted by Crippen LogP contribution is -2.49. The van der Waals surface area contributed by atoms with Gasteiger partial charge in [-0.25, -0.2) is 0 Å². The van der Waals surface area contributed by atoms with Crippen LogP contribution in [0.3, 0.4) is 0 Å². The number of rotatable bonds is 4. The molecule has 0 bridgehead atoms. The molecule has 4 rings (SSSR count). The van der Waals surface area contributed by atoms with Crippen molar-refractivity contribution in [2.24, 2.45) is 5.92 Å². The molecule has 0 unspecified atom stereocenters. The van der Waals surface area contributed by atoms with Gasteiger partial charge < -0.3 is 9.80 Å². The van der Waals surface area contributed by atoms with E-state index < -0.39 is 0 Å². The van der Waals surface area contributed by atoms with E-state index >= 15 is 0 Å². The van der Waals surface area contributed by atoms with Crippen molar-refractivity contribution in [1.29, 1.82) is 5.41 Å². The van der Waals surface area contributed by atoms with Crippen LogP contribution in [0.25, 0.3) is 0 Å². The van der Waals surface area contributed by atoms with Gasteiger partial charge in [-0.2, -0.15) is 0 Å². The summed E-state index contributed by atoms with van der Waals surface area (Å²) in [7, 11) is 0. The molecule has 1 N–H and O–H groups in total. The largest absolute Gasteiger partial charge is 0.370 e. The third-order valence-electron chi connectivity index (χ3n) is 6.08. The third kappa shape index (κ3) is 3.90. The normalized spacial score (nSPS) is 22.6. The predicted molar refractivity (Wildman–Crippen MR) is 117 cm³/mol. The Morgan fingerprint density at radius 3 is 2.32 bits per heavy atom. The van der Waals surface area contributed by atoms with Gasteiger partial charge in [-0.3, -0.25) is 10.2 Å². The van der Waals surface area contributed by atoms with Crippen molar-refractivity contribution in [1.82, 2.24) is 9.80 Å². The molecule has 1 aliphatic carbocycles. The second kappa shape index (κ2) is 8.56. The van der Waals surface area contributed by atoms with Crippen LogP contribution in [0.1, 0.15) is 49.4 Å². The summed E-state index contributed by atoms with van der Waals surface area (Å²) in [6.45, 7) is 5.39. The van der Waals surface area contributed by atoms with Crippen molar-refractivity contribution in [2.45, 2.75) is 39.0 Å². The molecule has 1 saturated carbocycles. The average Bonchev–Trinajstić information content (AvgIpc) is 3.39. The van der Waals surface area contributed by atoms with Crippen molar-refractivity contribution < 1.29 is 4.79 Å². The fourth-order valence-corrected chi connectivity index (χ4v) is 5.42. The summed E-state index contributed by atoms with van der Waals surface area (Å²) < 4.78 is 0. The van der Waals surface area contributed by atoms with Gasteiger partial charge in [0.15, 0.2) is 0 Å². The lowest BCUT2D eigenvalue weighted by atomic mass is 9.96. The van der Waals surface area contributed by atoms with Crippen LogP contribution in [0.5, 0.6) is 0 Å². The Labute approximate surface area is 172 Å². The zero-order chi connectivity index (χ0) is 19.5. The second-order valence-electron chi connectivity index (χ2n) is 7.82. The summed E-state index contributed by atoms with van der Waals surface area (Å²) in [5, 5.41) is 9.24. The van der Waals surface area contributed by atoms with Crippen LogP contribution in [-0.2, 0) is 0 Å². The van der Waals surface area contributed by atoms with E-state index in [1.54, 1.807) is 11.8 Å². The first kappa shape index (κ1) is 19.3. The number of piperazine rings is 1. The first-order chi connectivity index (χ1) is 13.7. The number of thioether (sulfide) groups is 1. The summed E-state index contributed by atoms with van der Waals surface area (Å²) in [6, 6.07) is 9.59. The number of hydrogen-bond acceptors (Lipinski definition) is 4. The first-order valence-electron chi connectivity index (χ1n) is 10.5. The number of nitrogens with one attached hydrogen (secondary N) is 1. The molecule has 1 saturated heterocycles. The molecule has 4 nitrogen and oxygen atoms in total. The van der Waals surface area contributed by atoms with Gasteiger partial charge in [0.25, 0.3) is 5.91 Å². The van der Waals surface area contributed by atoms with Crippen LogP contribution < -0.4 is 0 Å². The van der Waals surface area contributed by atoms with Crippen molar-refractivity contribution >= 4 is 22.7 Å². The van der Waals surface area contributed by atoms with Gasteiger partial charge in [-0.05, 0) is 48.3 Å². The molecule has 1 aromatic carbocycles. The standard InChI is InChI=1S/C23H29N3OS/c1-2-19-16-20(22(24)28-19)21(17-8-6-7-9-17)25-12-14-26(15-13-25)23(27)18-10-4-3-5-11-18/h3-5,10-11,16-17,24H,2,6-9,12-15H2,1H3/b21-20+,24-22?. The van der Waals surface area contributed by atoms with E-state index in [9.17, 15) is 4.79 Å². The highest BCUT2D eigenvalue weighted by Crippen LogP contribution is 2.41. The van der Waals surface area contributed by atoms with E-state index in [1.165, 1.54) is 36.3 Å². The van der Waals surface area contributed by atoms with E-state index in [1.807, 2.05) is 35.2 Å². The average molecular weight is 396 g/mol. The number of allylic oxidation sites excluding steroid dienone is 3. The summed E-state index contributed by atoms with van der Waals surface area (Å²) in [5.41, 5.74) is 3.30. The molecule has 2 heterocycles. The highest BCUT2D eigenvalue weighted by molar-refractivity contribution is 8.18. The van der Waals surface area contributed by atoms with Gasteiger partial charge in [0, 0.05) is 43.0 Å². The zero-order valence-corrected chi connectivity index (χ0v) is 17.4. The molecule has 2 fully saturated rings. The van der Waals surface area contributed by atoms with E-state index in [-0.39, 0.29) is 5.91 Å². The Kier molecular flexibility index (Phi) is 5.90. The van der Waals surface area contributed by atoms with E-state index in [0.29, 0.717) is 11.0 Å². The molecule has 5 heteroatoms. The molecule has 0 radical (unpaired) electrons. The van der Waals surface area contributed by atoms with E-state index in [4.69, 9.17) is 5.41 Å². The molecule has 0 atom stereocenters. The minimum Gasteiger partial charge on any atom is -0.370 e. The fraction of sp³-hybridized carbons (Fsp3) is 0.478. The Morgan fingerprint density at radius 2 is 1.71 bits per heavy atom. The number of hydrogen-bond donors (Lipinski definition) is 1. The zero-order valence-electron chi connectivity index (χ0n) is 16.6. The maximum absolute atomic E-state index is 12.8. The minimum atomic E-state index is 0.132. The number of carbonyl (C=O) groups is 1. The lowest BCUT2D eigenvalue weighted by molar-refractivity contribution is 0.0659. The van der Waals surface area contributed by atoms with Gasteiger partial charge in [0.2, 0.25) is 0 Å². The molecule has 0 aromatic heterocycles. The van der Waals surface area contributed by atoms with Gasteiger partial charge in [0.1, 0.15) is 5.04 Å². The quantitative estimate of drug-likeness (QED) is 0.788. The molecule has 3 aliphatic rings. The summed E-state index contributed by atoms with van der Waals surface area (Å²) >= 11 is 1.62. The smallest absolute Gasteiger partial charge is 0.253 e. The Bertz CT molecular complexity index is 800. The van der Waals surface area contributed by atoms with Crippen LogP contribution in [0, 0.1) is 11.3 Å². The topological polar surface area (TPSA) is 47.4 Å². The SMILES string of the molecule is CCC1=C/C(=C(/C2CCCC2)N2CCN(C(=O)c3ccccc3)CC2)C(=N)S1. The van der Waals surface area contributed by atoms with Gasteiger partial charge >= 0.3 is 0 Å². The summed E-state index contributed by atoms with van der Waals surface area (Å²) in [4.78, 5) is 18.5. The van der Waals surface area contributed by atoms with Crippen LogP contribution in [0.2, 0.25) is 0 Å². The van der Waals surface area contributed by atoms with Crippen LogP contribution >= 0.6 is 11.8 Å². The van der Waals surface area contributed by atoms with Crippen LogP contribution in [0.15, 0.2) is 52.6 Å². The second-order valence-corrected chi connectivity index (χ2v) is 8.96. The highest BCUT2D eigenvalue weighted by Gasteiger charge is 2.32. The predicted octanol–water partition coefficient (Wildman–Crippen LogP) is 4.91. The highest BCUT2D eigenvalue weighted by atomic mass is 32.2. The molecule has 1 amide bonds.